The molecule has 1 aromatic carbocycles. The van der Waals surface area contributed by atoms with Crippen LogP contribution in [0.15, 0.2) is 28.8 Å². The van der Waals surface area contributed by atoms with Crippen molar-refractivity contribution in [2.75, 3.05) is 0 Å². The zero-order valence-electron chi connectivity index (χ0n) is 10.4. The number of aromatic nitrogens is 2. The molecule has 1 heterocycles. The maximum Gasteiger partial charge on any atom is 0.231 e. The Balaban J connectivity index is 1.63. The van der Waals surface area contributed by atoms with Gasteiger partial charge in [0.1, 0.15) is 0 Å². The van der Waals surface area contributed by atoms with Crippen molar-refractivity contribution in [2.24, 2.45) is 5.92 Å². The van der Waals surface area contributed by atoms with E-state index < -0.39 is 0 Å². The molecule has 0 N–H and O–H groups in total. The van der Waals surface area contributed by atoms with Crippen molar-refractivity contribution >= 4 is 0 Å². The summed E-state index contributed by atoms with van der Waals surface area (Å²) in [6, 6.07) is 10.7. The molecule has 1 saturated carbocycles. The second kappa shape index (κ2) is 3.92. The number of rotatable bonds is 2. The van der Waals surface area contributed by atoms with Gasteiger partial charge in [-0.25, -0.2) is 0 Å². The van der Waals surface area contributed by atoms with Crippen LogP contribution < -0.4 is 0 Å². The number of benzene rings is 1. The van der Waals surface area contributed by atoms with Crippen LogP contribution in [0.3, 0.4) is 0 Å². The summed E-state index contributed by atoms with van der Waals surface area (Å²) in [6.45, 7) is 0. The Morgan fingerprint density at radius 3 is 3.05 bits per heavy atom. The minimum absolute atomic E-state index is 0.0733. The Labute approximate surface area is 111 Å². The lowest BCUT2D eigenvalue weighted by Crippen LogP contribution is -1.98. The monoisotopic (exact) mass is 251 g/mol. The van der Waals surface area contributed by atoms with Crippen LogP contribution in [-0.2, 0) is 6.42 Å². The van der Waals surface area contributed by atoms with Crippen LogP contribution in [0, 0.1) is 17.2 Å². The first kappa shape index (κ1) is 10.7. The molecule has 3 atom stereocenters. The summed E-state index contributed by atoms with van der Waals surface area (Å²) in [5.41, 5.74) is 2.71. The van der Waals surface area contributed by atoms with Gasteiger partial charge in [0.05, 0.1) is 17.9 Å². The number of nitrogens with zero attached hydrogens (tertiary/aromatic N) is 3. The Morgan fingerprint density at radius 2 is 2.21 bits per heavy atom. The number of fused-ring (bicyclic) bond motifs is 1. The lowest BCUT2D eigenvalue weighted by atomic mass is 10.0. The fourth-order valence-corrected chi connectivity index (χ4v) is 2.98. The van der Waals surface area contributed by atoms with Gasteiger partial charge in [0, 0.05) is 5.92 Å². The molecule has 2 aliphatic carbocycles. The van der Waals surface area contributed by atoms with Gasteiger partial charge >= 0.3 is 0 Å². The smallest absolute Gasteiger partial charge is 0.231 e. The van der Waals surface area contributed by atoms with Gasteiger partial charge in [0.25, 0.3) is 0 Å². The van der Waals surface area contributed by atoms with Crippen molar-refractivity contribution in [3.05, 3.63) is 47.1 Å². The van der Waals surface area contributed by atoms with Gasteiger partial charge in [-0.05, 0) is 30.4 Å². The van der Waals surface area contributed by atoms with Crippen molar-refractivity contribution in [1.29, 1.82) is 5.26 Å². The quantitative estimate of drug-likeness (QED) is 0.823. The van der Waals surface area contributed by atoms with E-state index in [-0.39, 0.29) is 17.8 Å². The number of aryl methyl sites for hydroxylation is 1. The van der Waals surface area contributed by atoms with E-state index in [4.69, 9.17) is 9.78 Å². The highest BCUT2D eigenvalue weighted by Gasteiger charge is 2.43. The largest absolute Gasteiger partial charge is 0.339 e. The average molecular weight is 251 g/mol. The van der Waals surface area contributed by atoms with Gasteiger partial charge in [-0.3, -0.25) is 0 Å². The van der Waals surface area contributed by atoms with Crippen molar-refractivity contribution in [3.63, 3.8) is 0 Å². The molecule has 0 amide bonds. The summed E-state index contributed by atoms with van der Waals surface area (Å²) in [5.74, 6) is 1.93. The molecular weight excluding hydrogens is 238 g/mol. The molecule has 1 fully saturated rings. The van der Waals surface area contributed by atoms with Gasteiger partial charge in [0.15, 0.2) is 5.82 Å². The van der Waals surface area contributed by atoms with Crippen molar-refractivity contribution < 1.29 is 4.52 Å². The Kier molecular flexibility index (Phi) is 2.22. The highest BCUT2D eigenvalue weighted by Crippen LogP contribution is 2.46. The Hall–Kier alpha value is -2.15. The summed E-state index contributed by atoms with van der Waals surface area (Å²) in [6.07, 6.45) is 2.99. The molecule has 1 aromatic heterocycles. The lowest BCUT2D eigenvalue weighted by molar-refractivity contribution is 0.370. The number of hydrogen-bond acceptors (Lipinski definition) is 4. The van der Waals surface area contributed by atoms with Crippen LogP contribution in [0.1, 0.15) is 47.5 Å². The molecule has 4 nitrogen and oxygen atoms in total. The second-order valence-electron chi connectivity index (χ2n) is 5.36. The van der Waals surface area contributed by atoms with E-state index in [0.29, 0.717) is 5.89 Å². The summed E-state index contributed by atoms with van der Waals surface area (Å²) in [4.78, 5) is 4.52. The van der Waals surface area contributed by atoms with Gasteiger partial charge in [0.2, 0.25) is 5.89 Å². The van der Waals surface area contributed by atoms with E-state index in [9.17, 15) is 0 Å². The third kappa shape index (κ3) is 1.66. The Morgan fingerprint density at radius 1 is 1.32 bits per heavy atom. The minimum Gasteiger partial charge on any atom is -0.339 e. The molecule has 0 radical (unpaired) electrons. The molecule has 0 aliphatic heterocycles. The van der Waals surface area contributed by atoms with Crippen molar-refractivity contribution in [1.82, 2.24) is 10.1 Å². The summed E-state index contributed by atoms with van der Waals surface area (Å²) in [5, 5.41) is 13.0. The second-order valence-corrected chi connectivity index (χ2v) is 5.36. The molecule has 0 spiro atoms. The maximum absolute atomic E-state index is 8.85. The van der Waals surface area contributed by atoms with E-state index in [1.54, 1.807) is 0 Å². The van der Waals surface area contributed by atoms with Crippen molar-refractivity contribution in [3.8, 4) is 6.07 Å². The summed E-state index contributed by atoms with van der Waals surface area (Å²) < 4.78 is 5.34. The first-order valence-corrected chi connectivity index (χ1v) is 6.67. The SMILES string of the molecule is N#CC1CC1c1nc(C2CCc3ccccc32)no1. The molecule has 2 aromatic rings. The van der Waals surface area contributed by atoms with Crippen molar-refractivity contribution in [2.45, 2.75) is 31.1 Å². The van der Waals surface area contributed by atoms with Gasteiger partial charge in [-0.2, -0.15) is 10.2 Å². The standard InChI is InChI=1S/C15H13N3O/c16-8-10-7-13(10)15-17-14(18-19-15)12-6-5-9-3-1-2-4-11(9)12/h1-4,10,12-13H,5-7H2. The molecule has 94 valence electrons. The van der Waals surface area contributed by atoms with Gasteiger partial charge < -0.3 is 4.52 Å². The molecule has 2 aliphatic rings. The van der Waals surface area contributed by atoms with Crippen LogP contribution in [0.4, 0.5) is 0 Å². The molecule has 4 rings (SSSR count). The first-order valence-electron chi connectivity index (χ1n) is 6.67. The van der Waals surface area contributed by atoms with Crippen LogP contribution >= 0.6 is 0 Å². The number of hydrogen-bond donors (Lipinski definition) is 0. The lowest BCUT2D eigenvalue weighted by Gasteiger charge is -2.05. The summed E-state index contributed by atoms with van der Waals surface area (Å²) in [7, 11) is 0. The predicted octanol–water partition coefficient (Wildman–Crippen LogP) is 2.77. The van der Waals surface area contributed by atoms with E-state index in [1.807, 2.05) is 0 Å². The normalized spacial score (nSPS) is 27.8. The fourth-order valence-electron chi connectivity index (χ4n) is 2.98. The third-order valence-electron chi connectivity index (χ3n) is 4.18. The first-order chi connectivity index (χ1) is 9.36. The Bertz CT molecular complexity index is 670. The van der Waals surface area contributed by atoms with Gasteiger partial charge in [-0.15, -0.1) is 0 Å². The molecule has 0 saturated heterocycles. The molecule has 3 unspecified atom stereocenters. The molecule has 4 heteroatoms. The summed E-state index contributed by atoms with van der Waals surface area (Å²) >= 11 is 0. The molecule has 0 bridgehead atoms. The van der Waals surface area contributed by atoms with Crippen LogP contribution in [0.2, 0.25) is 0 Å². The van der Waals surface area contributed by atoms with Crippen LogP contribution in [0.5, 0.6) is 0 Å². The average Bonchev–Trinajstić information content (AvgIpc) is 2.88. The van der Waals surface area contributed by atoms with E-state index in [2.05, 4.69) is 40.5 Å². The predicted molar refractivity (Wildman–Crippen MR) is 67.4 cm³/mol. The van der Waals surface area contributed by atoms with Crippen LogP contribution in [-0.4, -0.2) is 10.1 Å². The molecular formula is C15H13N3O. The van der Waals surface area contributed by atoms with Gasteiger partial charge in [-0.1, -0.05) is 29.4 Å². The van der Waals surface area contributed by atoms with Crippen LogP contribution in [0.25, 0.3) is 0 Å². The van der Waals surface area contributed by atoms with E-state index in [0.717, 1.165) is 25.1 Å². The zero-order chi connectivity index (χ0) is 12.8. The highest BCUT2D eigenvalue weighted by atomic mass is 16.5. The fraction of sp³-hybridized carbons (Fsp3) is 0.400. The molecule has 19 heavy (non-hydrogen) atoms. The topological polar surface area (TPSA) is 62.7 Å². The maximum atomic E-state index is 8.85. The highest BCUT2D eigenvalue weighted by molar-refractivity contribution is 5.38. The zero-order valence-corrected chi connectivity index (χ0v) is 10.4. The minimum atomic E-state index is 0.0733. The third-order valence-corrected chi connectivity index (χ3v) is 4.18. The van der Waals surface area contributed by atoms with E-state index in [1.165, 1.54) is 11.1 Å². The number of nitriles is 1. The van der Waals surface area contributed by atoms with E-state index >= 15 is 0 Å².